The van der Waals surface area contributed by atoms with Crippen molar-refractivity contribution in [1.82, 2.24) is 9.88 Å². The van der Waals surface area contributed by atoms with Gasteiger partial charge in [-0.3, -0.25) is 14.5 Å². The molecule has 2 amide bonds. The van der Waals surface area contributed by atoms with Crippen molar-refractivity contribution in [1.29, 1.82) is 0 Å². The smallest absolute Gasteiger partial charge is 0.240 e. The summed E-state index contributed by atoms with van der Waals surface area (Å²) in [5.41, 5.74) is 3.27. The Hall–Kier alpha value is -3.43. The Bertz CT molecular complexity index is 1130. The van der Waals surface area contributed by atoms with Crippen molar-refractivity contribution in [2.24, 2.45) is 0 Å². The first-order valence-electron chi connectivity index (χ1n) is 11.0. The van der Waals surface area contributed by atoms with Crippen molar-refractivity contribution < 1.29 is 19.1 Å². The number of thiazole rings is 1. The van der Waals surface area contributed by atoms with Crippen LogP contribution in [-0.2, 0) is 9.59 Å². The lowest BCUT2D eigenvalue weighted by atomic mass is 10.1. The third kappa shape index (κ3) is 6.79. The summed E-state index contributed by atoms with van der Waals surface area (Å²) >= 11 is 1.33. The highest BCUT2D eigenvalue weighted by atomic mass is 32.1. The molecule has 0 aliphatic heterocycles. The predicted octanol–water partition coefficient (Wildman–Crippen LogP) is 4.42. The van der Waals surface area contributed by atoms with Gasteiger partial charge in [-0.25, -0.2) is 4.98 Å². The van der Waals surface area contributed by atoms with E-state index >= 15 is 0 Å². The lowest BCUT2D eigenvalue weighted by molar-refractivity contribution is -0.120. The molecule has 0 aliphatic carbocycles. The first-order valence-corrected chi connectivity index (χ1v) is 11.9. The average Bonchev–Trinajstić information content (AvgIpc) is 3.28. The summed E-state index contributed by atoms with van der Waals surface area (Å²) in [7, 11) is 3.18. The number of carbonyl (C=O) groups is 2. The number of anilines is 2. The topological polar surface area (TPSA) is 92.8 Å². The van der Waals surface area contributed by atoms with Gasteiger partial charge in [-0.05, 0) is 43.7 Å². The Kier molecular flexibility index (Phi) is 9.00. The highest BCUT2D eigenvalue weighted by Crippen LogP contribution is 2.34. The summed E-state index contributed by atoms with van der Waals surface area (Å²) in [5.74, 6) is 0.946. The predicted molar refractivity (Wildman–Crippen MR) is 136 cm³/mol. The van der Waals surface area contributed by atoms with Crippen LogP contribution in [-0.4, -0.2) is 55.6 Å². The molecule has 0 saturated carbocycles. The number of aromatic nitrogens is 1. The molecule has 1 aromatic heterocycles. The molecule has 0 spiro atoms. The van der Waals surface area contributed by atoms with Crippen LogP contribution < -0.4 is 20.1 Å². The number of hydrogen-bond acceptors (Lipinski definition) is 7. The van der Waals surface area contributed by atoms with Crippen molar-refractivity contribution in [3.63, 3.8) is 0 Å². The van der Waals surface area contributed by atoms with Crippen LogP contribution in [0.25, 0.3) is 11.3 Å². The molecule has 8 nitrogen and oxygen atoms in total. The maximum atomic E-state index is 12.7. The number of ether oxygens (including phenoxy) is 2. The number of nitrogens with zero attached hydrogens (tertiary/aromatic N) is 2. The van der Waals surface area contributed by atoms with Crippen molar-refractivity contribution in [2.75, 3.05) is 44.5 Å². The Labute approximate surface area is 203 Å². The summed E-state index contributed by atoms with van der Waals surface area (Å²) < 4.78 is 10.7. The molecule has 2 aromatic carbocycles. The van der Waals surface area contributed by atoms with Crippen molar-refractivity contribution in [3.8, 4) is 22.8 Å². The van der Waals surface area contributed by atoms with Crippen LogP contribution in [0.1, 0.15) is 18.9 Å². The SMILES string of the molecule is CCCN(CC(=O)Nc1nc(-c2ccc(OC)cc2OC)cs1)CC(=O)Nc1ccccc1C. The fraction of sp³-hybridized carbons (Fsp3) is 0.320. The lowest BCUT2D eigenvalue weighted by Crippen LogP contribution is -2.39. The number of aryl methyl sites for hydroxylation is 1. The summed E-state index contributed by atoms with van der Waals surface area (Å²) in [4.78, 5) is 31.6. The fourth-order valence-corrected chi connectivity index (χ4v) is 4.19. The summed E-state index contributed by atoms with van der Waals surface area (Å²) in [6, 6.07) is 13.1. The maximum absolute atomic E-state index is 12.7. The number of carbonyl (C=O) groups excluding carboxylic acids is 2. The number of methoxy groups -OCH3 is 2. The van der Waals surface area contributed by atoms with Gasteiger partial charge in [0, 0.05) is 22.7 Å². The zero-order chi connectivity index (χ0) is 24.5. The number of rotatable bonds is 11. The molecular weight excluding hydrogens is 452 g/mol. The molecule has 2 N–H and O–H groups in total. The van der Waals surface area contributed by atoms with E-state index in [2.05, 4.69) is 15.6 Å². The first-order chi connectivity index (χ1) is 16.4. The molecule has 0 unspecified atom stereocenters. The molecular formula is C25H30N4O4S. The minimum absolute atomic E-state index is 0.0931. The van der Waals surface area contributed by atoms with Gasteiger partial charge in [-0.15, -0.1) is 11.3 Å². The van der Waals surface area contributed by atoms with E-state index in [4.69, 9.17) is 9.47 Å². The normalized spacial score (nSPS) is 10.7. The molecule has 0 radical (unpaired) electrons. The molecule has 1 heterocycles. The summed E-state index contributed by atoms with van der Waals surface area (Å²) in [5, 5.41) is 8.11. The molecule has 0 bridgehead atoms. The van der Waals surface area contributed by atoms with Gasteiger partial charge in [0.25, 0.3) is 0 Å². The van der Waals surface area contributed by atoms with Crippen molar-refractivity contribution in [2.45, 2.75) is 20.3 Å². The molecule has 9 heteroatoms. The Morgan fingerprint density at radius 2 is 1.76 bits per heavy atom. The Morgan fingerprint density at radius 3 is 2.44 bits per heavy atom. The molecule has 0 atom stereocenters. The zero-order valence-electron chi connectivity index (χ0n) is 19.9. The highest BCUT2D eigenvalue weighted by molar-refractivity contribution is 7.14. The van der Waals surface area contributed by atoms with Gasteiger partial charge in [-0.1, -0.05) is 25.1 Å². The van der Waals surface area contributed by atoms with E-state index in [-0.39, 0.29) is 24.9 Å². The van der Waals surface area contributed by atoms with Gasteiger partial charge in [0.2, 0.25) is 11.8 Å². The van der Waals surface area contributed by atoms with E-state index in [0.717, 1.165) is 23.2 Å². The van der Waals surface area contributed by atoms with Gasteiger partial charge in [-0.2, -0.15) is 0 Å². The largest absolute Gasteiger partial charge is 0.497 e. The van der Waals surface area contributed by atoms with Crippen LogP contribution in [0.2, 0.25) is 0 Å². The van der Waals surface area contributed by atoms with Crippen molar-refractivity contribution in [3.05, 3.63) is 53.4 Å². The van der Waals surface area contributed by atoms with Gasteiger partial charge >= 0.3 is 0 Å². The van der Waals surface area contributed by atoms with E-state index < -0.39 is 0 Å². The van der Waals surface area contributed by atoms with Gasteiger partial charge in [0.1, 0.15) is 11.5 Å². The van der Waals surface area contributed by atoms with Gasteiger partial charge in [0.15, 0.2) is 5.13 Å². The van der Waals surface area contributed by atoms with Crippen LogP contribution in [0.4, 0.5) is 10.8 Å². The first kappa shape index (κ1) is 25.2. The summed E-state index contributed by atoms with van der Waals surface area (Å²) in [6.45, 7) is 4.80. The molecule has 0 aliphatic rings. The second-order valence-electron chi connectivity index (χ2n) is 7.73. The minimum atomic E-state index is -0.222. The molecule has 0 fully saturated rings. The second kappa shape index (κ2) is 12.2. The maximum Gasteiger partial charge on any atom is 0.240 e. The number of hydrogen-bond donors (Lipinski definition) is 2. The number of para-hydroxylation sites is 1. The average molecular weight is 483 g/mol. The second-order valence-corrected chi connectivity index (χ2v) is 8.58. The van der Waals surface area contributed by atoms with Gasteiger partial charge in [0.05, 0.1) is 33.0 Å². The Balaban J connectivity index is 1.61. The Morgan fingerprint density at radius 1 is 1.03 bits per heavy atom. The fourth-order valence-electron chi connectivity index (χ4n) is 3.46. The summed E-state index contributed by atoms with van der Waals surface area (Å²) in [6.07, 6.45) is 0.823. The molecule has 180 valence electrons. The van der Waals surface area contributed by atoms with Gasteiger partial charge < -0.3 is 20.1 Å². The van der Waals surface area contributed by atoms with Crippen LogP contribution in [0.15, 0.2) is 47.8 Å². The van der Waals surface area contributed by atoms with E-state index in [9.17, 15) is 9.59 Å². The standard InChI is InChI=1S/C25H30N4O4S/c1-5-12-29(14-23(30)26-20-9-7-6-8-17(20)2)15-24(31)28-25-27-21(16-34-25)19-11-10-18(32-3)13-22(19)33-4/h6-11,13,16H,5,12,14-15H2,1-4H3,(H,26,30)(H,27,28,31). The molecule has 3 aromatic rings. The third-order valence-electron chi connectivity index (χ3n) is 5.13. The van der Waals surface area contributed by atoms with E-state index in [0.29, 0.717) is 28.9 Å². The number of benzene rings is 2. The monoisotopic (exact) mass is 482 g/mol. The van der Waals surface area contributed by atoms with Crippen LogP contribution in [0.3, 0.4) is 0 Å². The molecule has 34 heavy (non-hydrogen) atoms. The van der Waals surface area contributed by atoms with E-state index in [1.807, 2.05) is 60.5 Å². The molecule has 3 rings (SSSR count). The highest BCUT2D eigenvalue weighted by Gasteiger charge is 2.17. The van der Waals surface area contributed by atoms with E-state index in [1.54, 1.807) is 20.3 Å². The van der Waals surface area contributed by atoms with E-state index in [1.165, 1.54) is 11.3 Å². The lowest BCUT2D eigenvalue weighted by Gasteiger charge is -2.20. The zero-order valence-corrected chi connectivity index (χ0v) is 20.7. The third-order valence-corrected chi connectivity index (χ3v) is 5.89. The van der Waals surface area contributed by atoms with Crippen LogP contribution in [0.5, 0.6) is 11.5 Å². The molecule has 0 saturated heterocycles. The minimum Gasteiger partial charge on any atom is -0.497 e. The van der Waals surface area contributed by atoms with Crippen LogP contribution in [0, 0.1) is 6.92 Å². The quantitative estimate of drug-likeness (QED) is 0.420. The number of nitrogens with one attached hydrogen (secondary N) is 2. The number of amides is 2. The van der Waals surface area contributed by atoms with Crippen LogP contribution >= 0.6 is 11.3 Å². The van der Waals surface area contributed by atoms with Crippen molar-refractivity contribution >= 4 is 34.0 Å².